The van der Waals surface area contributed by atoms with E-state index in [1.54, 1.807) is 18.2 Å². The van der Waals surface area contributed by atoms with E-state index in [4.69, 9.17) is 11.0 Å². The zero-order chi connectivity index (χ0) is 10.6. The molecule has 0 aliphatic rings. The highest BCUT2D eigenvalue weighted by atomic mass is 32.2. The minimum Gasteiger partial charge on any atom is -0.398 e. The summed E-state index contributed by atoms with van der Waals surface area (Å²) in [6.07, 6.45) is -0.0172. The van der Waals surface area contributed by atoms with E-state index in [1.807, 2.05) is 0 Å². The van der Waals surface area contributed by atoms with Gasteiger partial charge in [-0.15, -0.1) is 0 Å². The predicted octanol–water partition coefficient (Wildman–Crippen LogP) is 0.956. The molecule has 0 amide bonds. The number of nitrogens with two attached hydrogens (primary N) is 1. The third-order valence-electron chi connectivity index (χ3n) is 1.74. The molecule has 0 aliphatic carbocycles. The molecule has 0 aromatic heterocycles. The highest BCUT2D eigenvalue weighted by molar-refractivity contribution is 7.91. The van der Waals surface area contributed by atoms with Crippen LogP contribution in [0.5, 0.6) is 0 Å². The van der Waals surface area contributed by atoms with Crippen LogP contribution in [0.15, 0.2) is 29.2 Å². The molecule has 0 unspecified atom stereocenters. The molecule has 0 bridgehead atoms. The lowest BCUT2D eigenvalue weighted by Gasteiger charge is -2.04. The van der Waals surface area contributed by atoms with Gasteiger partial charge in [0.1, 0.15) is 0 Å². The van der Waals surface area contributed by atoms with Crippen LogP contribution in [0, 0.1) is 11.3 Å². The van der Waals surface area contributed by atoms with Crippen LogP contribution in [0.2, 0.25) is 0 Å². The summed E-state index contributed by atoms with van der Waals surface area (Å²) >= 11 is 0. The minimum atomic E-state index is -3.40. The van der Waals surface area contributed by atoms with E-state index in [1.165, 1.54) is 12.1 Å². The van der Waals surface area contributed by atoms with Gasteiger partial charge in [-0.3, -0.25) is 0 Å². The third kappa shape index (κ3) is 2.24. The Bertz CT molecular complexity index is 460. The Labute approximate surface area is 82.9 Å². The fraction of sp³-hybridized carbons (Fsp3) is 0.222. The van der Waals surface area contributed by atoms with Crippen molar-refractivity contribution in [2.45, 2.75) is 11.3 Å². The smallest absolute Gasteiger partial charge is 0.181 e. The van der Waals surface area contributed by atoms with Crippen molar-refractivity contribution in [3.05, 3.63) is 24.3 Å². The van der Waals surface area contributed by atoms with Crippen molar-refractivity contribution in [2.24, 2.45) is 0 Å². The van der Waals surface area contributed by atoms with E-state index in [2.05, 4.69) is 0 Å². The second-order valence-corrected chi connectivity index (χ2v) is 4.84. The van der Waals surface area contributed by atoms with E-state index < -0.39 is 9.84 Å². The number of hydrogen-bond donors (Lipinski definition) is 1. The monoisotopic (exact) mass is 210 g/mol. The molecule has 1 aromatic carbocycles. The minimum absolute atomic E-state index is 0.0172. The number of anilines is 1. The molecular formula is C9H10N2O2S. The Morgan fingerprint density at radius 2 is 2.00 bits per heavy atom. The molecule has 14 heavy (non-hydrogen) atoms. The molecule has 0 saturated heterocycles. The largest absolute Gasteiger partial charge is 0.398 e. The van der Waals surface area contributed by atoms with Crippen molar-refractivity contribution in [1.82, 2.24) is 0 Å². The van der Waals surface area contributed by atoms with Gasteiger partial charge in [-0.05, 0) is 12.1 Å². The van der Waals surface area contributed by atoms with Gasteiger partial charge >= 0.3 is 0 Å². The van der Waals surface area contributed by atoms with Crippen LogP contribution in [0.3, 0.4) is 0 Å². The second-order valence-electron chi connectivity index (χ2n) is 2.76. The second kappa shape index (κ2) is 4.11. The molecule has 74 valence electrons. The van der Waals surface area contributed by atoms with Crippen LogP contribution in [0.4, 0.5) is 5.69 Å². The normalized spacial score (nSPS) is 10.8. The van der Waals surface area contributed by atoms with Crippen molar-refractivity contribution < 1.29 is 8.42 Å². The number of sulfone groups is 1. The zero-order valence-electron chi connectivity index (χ0n) is 7.47. The molecular weight excluding hydrogens is 200 g/mol. The molecule has 1 rings (SSSR count). The number of para-hydroxylation sites is 1. The van der Waals surface area contributed by atoms with E-state index in [-0.39, 0.29) is 22.8 Å². The lowest BCUT2D eigenvalue weighted by atomic mass is 10.3. The van der Waals surface area contributed by atoms with Crippen molar-refractivity contribution in [3.8, 4) is 6.07 Å². The Hall–Kier alpha value is -1.54. The first kappa shape index (κ1) is 10.5. The quantitative estimate of drug-likeness (QED) is 0.753. The van der Waals surface area contributed by atoms with Gasteiger partial charge in [-0.2, -0.15) is 5.26 Å². The third-order valence-corrected chi connectivity index (χ3v) is 3.52. The first-order chi connectivity index (χ1) is 6.58. The number of nitrogens with zero attached hydrogens (tertiary/aromatic N) is 1. The average Bonchev–Trinajstić information content (AvgIpc) is 2.15. The first-order valence-corrected chi connectivity index (χ1v) is 5.67. The SMILES string of the molecule is N#CCCS(=O)(=O)c1ccccc1N. The number of rotatable bonds is 3. The summed E-state index contributed by atoms with van der Waals surface area (Å²) in [4.78, 5) is 0.107. The number of hydrogen-bond acceptors (Lipinski definition) is 4. The van der Waals surface area contributed by atoms with Crippen molar-refractivity contribution in [2.75, 3.05) is 11.5 Å². The van der Waals surface area contributed by atoms with Crippen LogP contribution in [-0.2, 0) is 9.84 Å². The van der Waals surface area contributed by atoms with E-state index in [9.17, 15) is 8.42 Å². The summed E-state index contributed by atoms with van der Waals surface area (Å²) in [5.74, 6) is -0.183. The highest BCUT2D eigenvalue weighted by Gasteiger charge is 2.16. The van der Waals surface area contributed by atoms with Crippen LogP contribution in [-0.4, -0.2) is 14.2 Å². The van der Waals surface area contributed by atoms with Gasteiger partial charge in [0.05, 0.1) is 22.4 Å². The molecule has 0 heterocycles. The Morgan fingerprint density at radius 1 is 1.36 bits per heavy atom. The van der Waals surface area contributed by atoms with Gasteiger partial charge < -0.3 is 5.73 Å². The zero-order valence-corrected chi connectivity index (χ0v) is 8.29. The van der Waals surface area contributed by atoms with Crippen molar-refractivity contribution in [1.29, 1.82) is 5.26 Å². The Balaban J connectivity index is 3.06. The van der Waals surface area contributed by atoms with Crippen LogP contribution in [0.1, 0.15) is 6.42 Å². The lowest BCUT2D eigenvalue weighted by molar-refractivity contribution is 0.596. The first-order valence-electron chi connectivity index (χ1n) is 4.02. The van der Waals surface area contributed by atoms with Crippen molar-refractivity contribution in [3.63, 3.8) is 0 Å². The van der Waals surface area contributed by atoms with Gasteiger partial charge in [0, 0.05) is 6.42 Å². The maximum Gasteiger partial charge on any atom is 0.181 e. The topological polar surface area (TPSA) is 84.0 Å². The molecule has 2 N–H and O–H groups in total. The molecule has 1 aromatic rings. The average molecular weight is 210 g/mol. The number of nitrogen functional groups attached to an aromatic ring is 1. The molecule has 0 aliphatic heterocycles. The Kier molecular flexibility index (Phi) is 3.10. The van der Waals surface area contributed by atoms with Gasteiger partial charge in [0.2, 0.25) is 0 Å². The van der Waals surface area contributed by atoms with Gasteiger partial charge in [0.25, 0.3) is 0 Å². The van der Waals surface area contributed by atoms with E-state index in [0.717, 1.165) is 0 Å². The van der Waals surface area contributed by atoms with E-state index >= 15 is 0 Å². The van der Waals surface area contributed by atoms with Crippen molar-refractivity contribution >= 4 is 15.5 Å². The van der Waals surface area contributed by atoms with Gasteiger partial charge in [0.15, 0.2) is 9.84 Å². The maximum atomic E-state index is 11.6. The highest BCUT2D eigenvalue weighted by Crippen LogP contribution is 2.18. The molecule has 0 saturated carbocycles. The van der Waals surface area contributed by atoms with Crippen LogP contribution in [0.25, 0.3) is 0 Å². The summed E-state index contributed by atoms with van der Waals surface area (Å²) in [7, 11) is -3.40. The summed E-state index contributed by atoms with van der Waals surface area (Å²) < 4.78 is 23.2. The molecule has 0 atom stereocenters. The van der Waals surface area contributed by atoms with Gasteiger partial charge in [-0.25, -0.2) is 8.42 Å². The fourth-order valence-corrected chi connectivity index (χ4v) is 2.35. The summed E-state index contributed by atoms with van der Waals surface area (Å²) in [5.41, 5.74) is 5.74. The number of nitriles is 1. The molecule has 0 fully saturated rings. The molecule has 0 radical (unpaired) electrons. The van der Waals surface area contributed by atoms with E-state index in [0.29, 0.717) is 0 Å². The summed E-state index contributed by atoms with van der Waals surface area (Å²) in [6, 6.07) is 8.04. The lowest BCUT2D eigenvalue weighted by Crippen LogP contribution is -2.08. The number of benzene rings is 1. The summed E-state index contributed by atoms with van der Waals surface area (Å²) in [6.45, 7) is 0. The molecule has 4 nitrogen and oxygen atoms in total. The Morgan fingerprint density at radius 3 is 2.57 bits per heavy atom. The summed E-state index contributed by atoms with van der Waals surface area (Å²) in [5, 5.41) is 8.30. The van der Waals surface area contributed by atoms with Gasteiger partial charge in [-0.1, -0.05) is 12.1 Å². The molecule has 0 spiro atoms. The maximum absolute atomic E-state index is 11.6. The predicted molar refractivity (Wildman–Crippen MR) is 53.1 cm³/mol. The van der Waals surface area contributed by atoms with Crippen LogP contribution >= 0.6 is 0 Å². The fourth-order valence-electron chi connectivity index (χ4n) is 1.05. The standard InChI is InChI=1S/C9H10N2O2S/c10-6-3-7-14(12,13)9-5-2-1-4-8(9)11/h1-2,4-5H,3,7,11H2. The molecule has 5 heteroatoms. The van der Waals surface area contributed by atoms with Crippen LogP contribution < -0.4 is 5.73 Å².